The van der Waals surface area contributed by atoms with Gasteiger partial charge in [0.25, 0.3) is 5.56 Å². The molecule has 1 N–H and O–H groups in total. The number of aromatic amines is 1. The highest BCUT2D eigenvalue weighted by Gasteiger charge is 2.15. The van der Waals surface area contributed by atoms with E-state index in [2.05, 4.69) is 9.97 Å². The molecule has 22 heavy (non-hydrogen) atoms. The van der Waals surface area contributed by atoms with Gasteiger partial charge in [-0.05, 0) is 17.5 Å². The van der Waals surface area contributed by atoms with Crippen molar-refractivity contribution < 1.29 is 0 Å². The zero-order valence-electron chi connectivity index (χ0n) is 11.2. The zero-order chi connectivity index (χ0) is 15.1. The predicted octanol–water partition coefficient (Wildman–Crippen LogP) is 5.03. The summed E-state index contributed by atoms with van der Waals surface area (Å²) < 4.78 is 0. The van der Waals surface area contributed by atoms with Crippen molar-refractivity contribution in [3.05, 3.63) is 61.8 Å². The van der Waals surface area contributed by atoms with Crippen LogP contribution in [0.25, 0.3) is 32.7 Å². The summed E-state index contributed by atoms with van der Waals surface area (Å²) in [4.78, 5) is 20.7. The molecule has 3 nitrogen and oxygen atoms in total. The minimum absolute atomic E-state index is 0.137. The quantitative estimate of drug-likeness (QED) is 0.554. The summed E-state index contributed by atoms with van der Waals surface area (Å²) in [7, 11) is 0. The lowest BCUT2D eigenvalue weighted by atomic mass is 10.1. The van der Waals surface area contributed by atoms with Gasteiger partial charge < -0.3 is 4.98 Å². The van der Waals surface area contributed by atoms with Gasteiger partial charge in [-0.15, -0.1) is 11.3 Å². The zero-order valence-corrected chi connectivity index (χ0v) is 13.6. The van der Waals surface area contributed by atoms with Gasteiger partial charge in [0, 0.05) is 32.5 Å². The Labute approximate surface area is 138 Å². The lowest BCUT2D eigenvalue weighted by Gasteiger charge is -2.03. The number of thiophene rings is 2. The van der Waals surface area contributed by atoms with Crippen molar-refractivity contribution in [2.45, 2.75) is 0 Å². The van der Waals surface area contributed by atoms with Crippen molar-refractivity contribution in [2.75, 3.05) is 0 Å². The van der Waals surface area contributed by atoms with Gasteiger partial charge in [0.2, 0.25) is 0 Å². The first-order valence-corrected chi connectivity index (χ1v) is 8.73. The summed E-state index contributed by atoms with van der Waals surface area (Å²) in [6.45, 7) is 0. The molecule has 0 unspecified atom stereocenters. The third-order valence-electron chi connectivity index (χ3n) is 3.40. The van der Waals surface area contributed by atoms with Gasteiger partial charge in [-0.1, -0.05) is 29.8 Å². The lowest BCUT2D eigenvalue weighted by Crippen LogP contribution is -2.08. The Morgan fingerprint density at radius 2 is 1.95 bits per heavy atom. The molecule has 0 aliphatic rings. The number of hydrogen-bond acceptors (Lipinski definition) is 4. The van der Waals surface area contributed by atoms with Crippen molar-refractivity contribution in [2.24, 2.45) is 0 Å². The molecule has 0 fully saturated rings. The molecule has 0 saturated carbocycles. The van der Waals surface area contributed by atoms with Crippen LogP contribution < -0.4 is 5.56 Å². The number of H-pyrrole nitrogens is 1. The molecule has 0 aliphatic carbocycles. The Balaban J connectivity index is 1.98. The summed E-state index contributed by atoms with van der Waals surface area (Å²) in [6.07, 6.45) is 0. The van der Waals surface area contributed by atoms with E-state index < -0.39 is 0 Å². The van der Waals surface area contributed by atoms with Gasteiger partial charge in [-0.25, -0.2) is 4.98 Å². The maximum atomic E-state index is 12.5. The number of nitrogens with one attached hydrogen (secondary N) is 1. The van der Waals surface area contributed by atoms with Crippen LogP contribution in [0.1, 0.15) is 0 Å². The largest absolute Gasteiger partial charge is 0.306 e. The average molecular weight is 345 g/mol. The number of benzene rings is 1. The first-order chi connectivity index (χ1) is 10.7. The summed E-state index contributed by atoms with van der Waals surface area (Å²) in [6, 6.07) is 9.46. The molecular weight excluding hydrogens is 336 g/mol. The van der Waals surface area contributed by atoms with E-state index >= 15 is 0 Å². The molecule has 0 spiro atoms. The van der Waals surface area contributed by atoms with E-state index in [1.807, 2.05) is 46.5 Å². The molecule has 3 aromatic heterocycles. The Bertz CT molecular complexity index is 1020. The van der Waals surface area contributed by atoms with Crippen LogP contribution in [0.5, 0.6) is 0 Å². The highest BCUT2D eigenvalue weighted by molar-refractivity contribution is 7.17. The van der Waals surface area contributed by atoms with Gasteiger partial charge in [-0.3, -0.25) is 4.79 Å². The van der Waals surface area contributed by atoms with E-state index in [1.165, 1.54) is 11.3 Å². The highest BCUT2D eigenvalue weighted by atomic mass is 35.5. The van der Waals surface area contributed by atoms with Crippen LogP contribution in [-0.4, -0.2) is 9.97 Å². The van der Waals surface area contributed by atoms with Crippen LogP contribution in [-0.2, 0) is 0 Å². The minimum atomic E-state index is -0.137. The minimum Gasteiger partial charge on any atom is -0.306 e. The SMILES string of the molecule is O=c1[nH]c(-c2ccsc2)nc2scc(-c3ccccc3Cl)c12. The standard InChI is InChI=1S/C16H9ClN2OS2/c17-12-4-2-1-3-10(12)11-8-22-16-13(11)15(20)18-14(19-16)9-5-6-21-7-9/h1-8H,(H,18,19,20). The fraction of sp³-hybridized carbons (Fsp3) is 0. The third kappa shape index (κ3) is 2.18. The Hall–Kier alpha value is -1.95. The first-order valence-electron chi connectivity index (χ1n) is 6.53. The van der Waals surface area contributed by atoms with Gasteiger partial charge >= 0.3 is 0 Å². The Morgan fingerprint density at radius 3 is 2.73 bits per heavy atom. The molecular formula is C16H9ClN2OS2. The van der Waals surface area contributed by atoms with Gasteiger partial charge in [-0.2, -0.15) is 11.3 Å². The molecule has 0 atom stereocenters. The van der Waals surface area contributed by atoms with Crippen molar-refractivity contribution in [1.82, 2.24) is 9.97 Å². The number of halogens is 1. The maximum absolute atomic E-state index is 12.5. The second kappa shape index (κ2) is 5.35. The lowest BCUT2D eigenvalue weighted by molar-refractivity contribution is 1.19. The fourth-order valence-corrected chi connectivity index (χ4v) is 4.18. The second-order valence-electron chi connectivity index (χ2n) is 4.74. The van der Waals surface area contributed by atoms with E-state index in [0.29, 0.717) is 16.2 Å². The van der Waals surface area contributed by atoms with Crippen molar-refractivity contribution in [3.63, 3.8) is 0 Å². The van der Waals surface area contributed by atoms with E-state index in [1.54, 1.807) is 11.3 Å². The summed E-state index contributed by atoms with van der Waals surface area (Å²) in [5.41, 5.74) is 2.47. The molecule has 0 aliphatic heterocycles. The van der Waals surface area contributed by atoms with Crippen molar-refractivity contribution >= 4 is 44.5 Å². The maximum Gasteiger partial charge on any atom is 0.260 e. The van der Waals surface area contributed by atoms with Crippen molar-refractivity contribution in [1.29, 1.82) is 0 Å². The van der Waals surface area contributed by atoms with Gasteiger partial charge in [0.15, 0.2) is 0 Å². The number of rotatable bonds is 2. The Morgan fingerprint density at radius 1 is 1.09 bits per heavy atom. The summed E-state index contributed by atoms with van der Waals surface area (Å²) in [5, 5.41) is 7.09. The van der Waals surface area contributed by atoms with Crippen LogP contribution in [0, 0.1) is 0 Å². The van der Waals surface area contributed by atoms with E-state index in [9.17, 15) is 4.79 Å². The van der Waals surface area contributed by atoms with E-state index in [4.69, 9.17) is 11.6 Å². The predicted molar refractivity (Wildman–Crippen MR) is 94.0 cm³/mol. The van der Waals surface area contributed by atoms with E-state index in [-0.39, 0.29) is 5.56 Å². The molecule has 3 heterocycles. The van der Waals surface area contributed by atoms with Crippen LogP contribution >= 0.6 is 34.3 Å². The molecule has 4 aromatic rings. The fourth-order valence-electron chi connectivity index (χ4n) is 2.36. The molecule has 6 heteroatoms. The third-order valence-corrected chi connectivity index (χ3v) is 5.29. The van der Waals surface area contributed by atoms with Crippen LogP contribution in [0.15, 0.2) is 51.3 Å². The molecule has 4 rings (SSSR count). The molecule has 1 aromatic carbocycles. The first kappa shape index (κ1) is 13.7. The van der Waals surface area contributed by atoms with Gasteiger partial charge in [0.1, 0.15) is 10.7 Å². The van der Waals surface area contributed by atoms with Crippen LogP contribution in [0.2, 0.25) is 5.02 Å². The number of nitrogens with zero attached hydrogens (tertiary/aromatic N) is 1. The normalized spacial score (nSPS) is 11.1. The van der Waals surface area contributed by atoms with Crippen LogP contribution in [0.3, 0.4) is 0 Å². The smallest absolute Gasteiger partial charge is 0.260 e. The number of fused-ring (bicyclic) bond motifs is 1. The highest BCUT2D eigenvalue weighted by Crippen LogP contribution is 2.35. The molecule has 0 bridgehead atoms. The Kier molecular flexibility index (Phi) is 3.33. The monoisotopic (exact) mass is 344 g/mol. The number of hydrogen-bond donors (Lipinski definition) is 1. The molecule has 0 radical (unpaired) electrons. The summed E-state index contributed by atoms with van der Waals surface area (Å²) >= 11 is 9.28. The number of aromatic nitrogens is 2. The van der Waals surface area contributed by atoms with Gasteiger partial charge in [0.05, 0.1) is 5.39 Å². The summed E-state index contributed by atoms with van der Waals surface area (Å²) in [5.74, 6) is 0.603. The average Bonchev–Trinajstić information content (AvgIpc) is 3.17. The second-order valence-corrected chi connectivity index (χ2v) is 6.78. The van der Waals surface area contributed by atoms with E-state index in [0.717, 1.165) is 21.5 Å². The van der Waals surface area contributed by atoms with Crippen LogP contribution in [0.4, 0.5) is 0 Å². The molecule has 0 saturated heterocycles. The molecule has 108 valence electrons. The topological polar surface area (TPSA) is 45.8 Å². The van der Waals surface area contributed by atoms with Crippen molar-refractivity contribution in [3.8, 4) is 22.5 Å². The molecule has 0 amide bonds.